The topological polar surface area (TPSA) is 75.6 Å². The fourth-order valence-electron chi connectivity index (χ4n) is 2.66. The fraction of sp³-hybridized carbons (Fsp3) is 0.500. The molecule has 114 valence electrons. The molecule has 1 aliphatic carbocycles. The third kappa shape index (κ3) is 4.21. The molecule has 0 aromatic heterocycles. The molecule has 21 heavy (non-hydrogen) atoms. The highest BCUT2D eigenvalue weighted by Crippen LogP contribution is 2.22. The number of carbonyl (C=O) groups is 2. The number of carboxylic acids is 1. The van der Waals surface area contributed by atoms with Crippen LogP contribution in [0, 0.1) is 0 Å². The Labute approximate surface area is 124 Å². The monoisotopic (exact) mass is 291 g/mol. The van der Waals surface area contributed by atoms with Crippen molar-refractivity contribution in [2.75, 3.05) is 6.61 Å². The first-order valence-electron chi connectivity index (χ1n) is 7.38. The number of carbonyl (C=O) groups excluding carboxylic acids is 1. The molecule has 1 amide bonds. The molecule has 0 unspecified atom stereocenters. The highest BCUT2D eigenvalue weighted by molar-refractivity contribution is 5.91. The van der Waals surface area contributed by atoms with Crippen molar-refractivity contribution in [1.82, 2.24) is 5.32 Å². The van der Waals surface area contributed by atoms with E-state index in [2.05, 4.69) is 5.32 Å². The van der Waals surface area contributed by atoms with Crippen molar-refractivity contribution in [3.63, 3.8) is 0 Å². The highest BCUT2D eigenvalue weighted by Gasteiger charge is 2.18. The van der Waals surface area contributed by atoms with Gasteiger partial charge in [-0.1, -0.05) is 18.9 Å². The molecule has 0 heterocycles. The molecule has 0 spiro atoms. The Hall–Kier alpha value is -2.04. The lowest BCUT2D eigenvalue weighted by atomic mass is 10.1. The van der Waals surface area contributed by atoms with Gasteiger partial charge in [0.15, 0.2) is 0 Å². The molecule has 0 radical (unpaired) electrons. The summed E-state index contributed by atoms with van der Waals surface area (Å²) < 4.78 is 5.34. The van der Waals surface area contributed by atoms with Crippen LogP contribution in [0.5, 0.6) is 5.75 Å². The van der Waals surface area contributed by atoms with E-state index in [0.29, 0.717) is 18.4 Å². The van der Waals surface area contributed by atoms with Gasteiger partial charge in [0.1, 0.15) is 11.3 Å². The van der Waals surface area contributed by atoms with Crippen LogP contribution in [-0.2, 0) is 11.2 Å². The van der Waals surface area contributed by atoms with E-state index in [1.54, 1.807) is 19.1 Å². The molecule has 2 N–H and O–H groups in total. The van der Waals surface area contributed by atoms with Crippen molar-refractivity contribution in [1.29, 1.82) is 0 Å². The van der Waals surface area contributed by atoms with Crippen LogP contribution in [0.4, 0.5) is 0 Å². The minimum Gasteiger partial charge on any atom is -0.493 e. The van der Waals surface area contributed by atoms with E-state index in [1.165, 1.54) is 18.9 Å². The van der Waals surface area contributed by atoms with E-state index < -0.39 is 5.97 Å². The third-order valence-corrected chi connectivity index (χ3v) is 3.66. The summed E-state index contributed by atoms with van der Waals surface area (Å²) >= 11 is 0. The maximum Gasteiger partial charge on any atom is 0.339 e. The Morgan fingerprint density at radius 1 is 1.33 bits per heavy atom. The lowest BCUT2D eigenvalue weighted by Gasteiger charge is -2.13. The van der Waals surface area contributed by atoms with Gasteiger partial charge in [-0.3, -0.25) is 4.79 Å². The van der Waals surface area contributed by atoms with Crippen molar-refractivity contribution in [3.8, 4) is 5.75 Å². The second kappa shape index (κ2) is 7.11. The summed E-state index contributed by atoms with van der Waals surface area (Å²) in [6.07, 6.45) is 4.69. The van der Waals surface area contributed by atoms with Gasteiger partial charge in [0.05, 0.1) is 13.0 Å². The number of hydrogen-bond acceptors (Lipinski definition) is 3. The minimum absolute atomic E-state index is 0.0209. The van der Waals surface area contributed by atoms with Crippen molar-refractivity contribution < 1.29 is 19.4 Å². The number of amides is 1. The first-order chi connectivity index (χ1) is 10.1. The summed E-state index contributed by atoms with van der Waals surface area (Å²) in [4.78, 5) is 23.1. The normalized spacial score (nSPS) is 14.9. The Kier molecular flexibility index (Phi) is 5.20. The van der Waals surface area contributed by atoms with Gasteiger partial charge in [-0.2, -0.15) is 0 Å². The van der Waals surface area contributed by atoms with E-state index in [1.807, 2.05) is 0 Å². The molecule has 1 aliphatic rings. The van der Waals surface area contributed by atoms with Crippen LogP contribution in [-0.4, -0.2) is 29.6 Å². The lowest BCUT2D eigenvalue weighted by molar-refractivity contribution is -0.121. The number of carboxylic acid groups (broad SMARTS) is 1. The number of rotatable bonds is 6. The zero-order chi connectivity index (χ0) is 15.2. The van der Waals surface area contributed by atoms with Gasteiger partial charge < -0.3 is 15.2 Å². The van der Waals surface area contributed by atoms with Crippen molar-refractivity contribution in [3.05, 3.63) is 29.3 Å². The zero-order valence-electron chi connectivity index (χ0n) is 12.2. The summed E-state index contributed by atoms with van der Waals surface area (Å²) in [6, 6.07) is 5.09. The summed E-state index contributed by atoms with van der Waals surface area (Å²) in [5.74, 6) is -0.732. The maximum absolute atomic E-state index is 12.0. The summed E-state index contributed by atoms with van der Waals surface area (Å²) in [5, 5.41) is 12.1. The van der Waals surface area contributed by atoms with E-state index in [9.17, 15) is 9.59 Å². The Morgan fingerprint density at radius 3 is 2.67 bits per heavy atom. The first kappa shape index (κ1) is 15.4. The van der Waals surface area contributed by atoms with Gasteiger partial charge >= 0.3 is 5.97 Å². The zero-order valence-corrected chi connectivity index (χ0v) is 12.2. The van der Waals surface area contributed by atoms with Crippen molar-refractivity contribution >= 4 is 11.9 Å². The molecule has 0 atom stereocenters. The Balaban J connectivity index is 2.03. The van der Waals surface area contributed by atoms with Crippen LogP contribution in [0.15, 0.2) is 18.2 Å². The number of ether oxygens (including phenoxy) is 1. The number of hydrogen-bond donors (Lipinski definition) is 2. The van der Waals surface area contributed by atoms with E-state index in [-0.39, 0.29) is 17.9 Å². The summed E-state index contributed by atoms with van der Waals surface area (Å²) in [7, 11) is 0. The number of aromatic carboxylic acids is 1. The lowest BCUT2D eigenvalue weighted by Crippen LogP contribution is -2.33. The first-order valence-corrected chi connectivity index (χ1v) is 7.38. The fourth-order valence-corrected chi connectivity index (χ4v) is 2.66. The molecule has 1 aromatic carbocycles. The molecule has 1 saturated carbocycles. The van der Waals surface area contributed by atoms with Gasteiger partial charge in [0.25, 0.3) is 0 Å². The second-order valence-corrected chi connectivity index (χ2v) is 5.29. The molecule has 0 bridgehead atoms. The van der Waals surface area contributed by atoms with E-state index in [4.69, 9.17) is 9.84 Å². The SMILES string of the molecule is CCOc1cc(CC(=O)NC2CCCC2)ccc1C(=O)O. The van der Waals surface area contributed by atoms with Gasteiger partial charge in [0, 0.05) is 6.04 Å². The quantitative estimate of drug-likeness (QED) is 0.843. The largest absolute Gasteiger partial charge is 0.493 e. The molecule has 0 saturated heterocycles. The van der Waals surface area contributed by atoms with Crippen LogP contribution < -0.4 is 10.1 Å². The summed E-state index contributed by atoms with van der Waals surface area (Å²) in [5.41, 5.74) is 0.885. The average molecular weight is 291 g/mol. The predicted molar refractivity (Wildman–Crippen MR) is 78.7 cm³/mol. The van der Waals surface area contributed by atoms with Crippen LogP contribution in [0.3, 0.4) is 0 Å². The van der Waals surface area contributed by atoms with Crippen LogP contribution in [0.2, 0.25) is 0 Å². The predicted octanol–water partition coefficient (Wildman–Crippen LogP) is 2.38. The third-order valence-electron chi connectivity index (χ3n) is 3.66. The maximum atomic E-state index is 12.0. The van der Waals surface area contributed by atoms with Gasteiger partial charge in [-0.15, -0.1) is 0 Å². The molecule has 5 heteroatoms. The number of nitrogens with one attached hydrogen (secondary N) is 1. The second-order valence-electron chi connectivity index (χ2n) is 5.29. The Morgan fingerprint density at radius 2 is 2.05 bits per heavy atom. The molecule has 2 rings (SSSR count). The standard InChI is InChI=1S/C16H21NO4/c1-2-21-14-9-11(7-8-13(14)16(19)20)10-15(18)17-12-5-3-4-6-12/h7-9,12H,2-6,10H2,1H3,(H,17,18)(H,19,20). The van der Waals surface area contributed by atoms with Crippen LogP contribution in [0.25, 0.3) is 0 Å². The summed E-state index contributed by atoms with van der Waals surface area (Å²) in [6.45, 7) is 2.18. The van der Waals surface area contributed by atoms with Crippen molar-refractivity contribution in [2.24, 2.45) is 0 Å². The van der Waals surface area contributed by atoms with Crippen LogP contribution >= 0.6 is 0 Å². The van der Waals surface area contributed by atoms with E-state index in [0.717, 1.165) is 18.4 Å². The average Bonchev–Trinajstić information content (AvgIpc) is 2.91. The molecule has 5 nitrogen and oxygen atoms in total. The van der Waals surface area contributed by atoms with E-state index >= 15 is 0 Å². The smallest absolute Gasteiger partial charge is 0.339 e. The molecule has 0 aliphatic heterocycles. The van der Waals surface area contributed by atoms with Gasteiger partial charge in [-0.05, 0) is 37.5 Å². The molecular formula is C16H21NO4. The number of benzene rings is 1. The molecule has 1 fully saturated rings. The Bertz CT molecular complexity index is 521. The molecular weight excluding hydrogens is 270 g/mol. The van der Waals surface area contributed by atoms with Gasteiger partial charge in [-0.25, -0.2) is 4.79 Å². The minimum atomic E-state index is -1.03. The van der Waals surface area contributed by atoms with Crippen molar-refractivity contribution in [2.45, 2.75) is 45.1 Å². The highest BCUT2D eigenvalue weighted by atomic mass is 16.5. The van der Waals surface area contributed by atoms with Gasteiger partial charge in [0.2, 0.25) is 5.91 Å². The molecule has 1 aromatic rings. The van der Waals surface area contributed by atoms with Crippen LogP contribution in [0.1, 0.15) is 48.5 Å².